The molecule has 0 bridgehead atoms. The van der Waals surface area contributed by atoms with Crippen LogP contribution < -0.4 is 10.2 Å². The quantitative estimate of drug-likeness (QED) is 0.768. The molecule has 1 aromatic heterocycles. The average Bonchev–Trinajstić information content (AvgIpc) is 3.02. The number of nitrogens with zero attached hydrogens (tertiary/aromatic N) is 4. The number of para-hydroxylation sites is 2. The minimum atomic E-state index is -0.204. The van der Waals surface area contributed by atoms with Gasteiger partial charge in [0.25, 0.3) is 0 Å². The summed E-state index contributed by atoms with van der Waals surface area (Å²) in [4.78, 5) is 27.1. The SMILES string of the molecule is Cc1nnc(SCC(=O)N2c3ccccc3NC(=O)C[C@@H]2C)n1C1CCCCC1. The lowest BCUT2D eigenvalue weighted by atomic mass is 9.95. The van der Waals surface area contributed by atoms with E-state index in [0.29, 0.717) is 11.7 Å². The Balaban J connectivity index is 1.52. The van der Waals surface area contributed by atoms with E-state index in [1.807, 2.05) is 38.1 Å². The van der Waals surface area contributed by atoms with Crippen molar-refractivity contribution in [2.75, 3.05) is 16.0 Å². The van der Waals surface area contributed by atoms with Crippen molar-refractivity contribution in [3.8, 4) is 0 Å². The molecule has 1 atom stereocenters. The Bertz CT molecular complexity index is 906. The van der Waals surface area contributed by atoms with Gasteiger partial charge in [-0.2, -0.15) is 0 Å². The molecule has 0 saturated heterocycles. The van der Waals surface area contributed by atoms with Gasteiger partial charge in [-0.25, -0.2) is 0 Å². The Morgan fingerprint density at radius 3 is 2.76 bits per heavy atom. The maximum Gasteiger partial charge on any atom is 0.237 e. The van der Waals surface area contributed by atoms with E-state index in [2.05, 4.69) is 20.1 Å². The highest BCUT2D eigenvalue weighted by molar-refractivity contribution is 7.99. The Hall–Kier alpha value is -2.35. The molecule has 2 aliphatic rings. The van der Waals surface area contributed by atoms with Crippen LogP contribution in [0.2, 0.25) is 0 Å². The Morgan fingerprint density at radius 2 is 1.97 bits per heavy atom. The van der Waals surface area contributed by atoms with Gasteiger partial charge >= 0.3 is 0 Å². The number of amides is 2. The number of thioether (sulfide) groups is 1. The highest BCUT2D eigenvalue weighted by atomic mass is 32.2. The molecule has 1 aliphatic heterocycles. The third-order valence-corrected chi connectivity index (χ3v) is 6.66. The molecule has 1 aliphatic carbocycles. The van der Waals surface area contributed by atoms with Crippen LogP contribution >= 0.6 is 11.8 Å². The van der Waals surface area contributed by atoms with Crippen LogP contribution in [0.5, 0.6) is 0 Å². The highest BCUT2D eigenvalue weighted by Crippen LogP contribution is 2.34. The van der Waals surface area contributed by atoms with Crippen molar-refractivity contribution in [2.45, 2.75) is 69.6 Å². The van der Waals surface area contributed by atoms with Gasteiger partial charge in [-0.3, -0.25) is 9.59 Å². The van der Waals surface area contributed by atoms with Gasteiger partial charge in [0.1, 0.15) is 5.82 Å². The molecule has 8 heteroatoms. The van der Waals surface area contributed by atoms with E-state index in [-0.39, 0.29) is 30.0 Å². The van der Waals surface area contributed by atoms with E-state index < -0.39 is 0 Å². The fraction of sp³-hybridized carbons (Fsp3) is 0.524. The molecule has 1 fully saturated rings. The van der Waals surface area contributed by atoms with Crippen LogP contribution in [0.1, 0.15) is 57.3 Å². The topological polar surface area (TPSA) is 80.1 Å². The van der Waals surface area contributed by atoms with Gasteiger partial charge in [0, 0.05) is 18.5 Å². The van der Waals surface area contributed by atoms with Crippen LogP contribution in [0.25, 0.3) is 0 Å². The standard InChI is InChI=1S/C21H27N5O2S/c1-14-12-19(27)22-17-10-6-7-11-18(17)25(14)20(28)13-29-21-24-23-15(2)26(21)16-8-4-3-5-9-16/h6-7,10-11,14,16H,3-5,8-9,12-13H2,1-2H3,(H,22,27)/t14-/m0/s1. The van der Waals surface area contributed by atoms with E-state index >= 15 is 0 Å². The van der Waals surface area contributed by atoms with Crippen LogP contribution in [0.3, 0.4) is 0 Å². The van der Waals surface area contributed by atoms with Crippen LogP contribution in [0.4, 0.5) is 11.4 Å². The molecule has 0 radical (unpaired) electrons. The van der Waals surface area contributed by atoms with Crippen LogP contribution in [-0.2, 0) is 9.59 Å². The number of carbonyl (C=O) groups is 2. The number of carbonyl (C=O) groups excluding carboxylic acids is 2. The summed E-state index contributed by atoms with van der Waals surface area (Å²) in [6.07, 6.45) is 6.32. The predicted molar refractivity (Wildman–Crippen MR) is 114 cm³/mol. The molecule has 154 valence electrons. The maximum absolute atomic E-state index is 13.2. The zero-order chi connectivity index (χ0) is 20.4. The largest absolute Gasteiger partial charge is 0.324 e. The molecule has 1 saturated carbocycles. The second kappa shape index (κ2) is 8.57. The number of anilines is 2. The van der Waals surface area contributed by atoms with Gasteiger partial charge in [-0.1, -0.05) is 43.2 Å². The van der Waals surface area contributed by atoms with E-state index in [0.717, 1.165) is 29.5 Å². The minimum Gasteiger partial charge on any atom is -0.324 e. The van der Waals surface area contributed by atoms with Crippen LogP contribution in [0.15, 0.2) is 29.4 Å². The number of nitrogens with one attached hydrogen (secondary N) is 1. The lowest BCUT2D eigenvalue weighted by molar-refractivity contribution is -0.117. The van der Waals surface area contributed by atoms with Crippen molar-refractivity contribution in [3.05, 3.63) is 30.1 Å². The third kappa shape index (κ3) is 4.17. The number of aromatic nitrogens is 3. The first-order chi connectivity index (χ1) is 14.0. The van der Waals surface area contributed by atoms with E-state index in [4.69, 9.17) is 0 Å². The first kappa shape index (κ1) is 19.9. The third-order valence-electron chi connectivity index (χ3n) is 5.73. The van der Waals surface area contributed by atoms with Gasteiger partial charge in [0.2, 0.25) is 11.8 Å². The first-order valence-corrected chi connectivity index (χ1v) is 11.3. The van der Waals surface area contributed by atoms with Gasteiger partial charge in [0.05, 0.1) is 17.1 Å². The number of hydrogen-bond donors (Lipinski definition) is 1. The second-order valence-electron chi connectivity index (χ2n) is 7.86. The van der Waals surface area contributed by atoms with Gasteiger partial charge < -0.3 is 14.8 Å². The Morgan fingerprint density at radius 1 is 1.21 bits per heavy atom. The van der Waals surface area contributed by atoms with Crippen molar-refractivity contribution in [1.29, 1.82) is 0 Å². The molecule has 4 rings (SSSR count). The minimum absolute atomic E-state index is 0.0257. The summed E-state index contributed by atoms with van der Waals surface area (Å²) in [5.74, 6) is 1.08. The number of fused-ring (bicyclic) bond motifs is 1. The molecular weight excluding hydrogens is 386 g/mol. The number of hydrogen-bond acceptors (Lipinski definition) is 5. The summed E-state index contributed by atoms with van der Waals surface area (Å²) >= 11 is 1.44. The normalized spacial score (nSPS) is 20.1. The smallest absolute Gasteiger partial charge is 0.237 e. The molecule has 7 nitrogen and oxygen atoms in total. The predicted octanol–water partition coefficient (Wildman–Crippen LogP) is 3.95. The molecule has 2 heterocycles. The van der Waals surface area contributed by atoms with E-state index in [1.165, 1.54) is 31.0 Å². The van der Waals surface area contributed by atoms with E-state index in [1.54, 1.807) is 4.90 Å². The molecule has 2 amide bonds. The lowest BCUT2D eigenvalue weighted by Gasteiger charge is -2.28. The van der Waals surface area contributed by atoms with Crippen molar-refractivity contribution < 1.29 is 9.59 Å². The first-order valence-electron chi connectivity index (χ1n) is 10.3. The molecule has 1 N–H and O–H groups in total. The number of benzene rings is 1. The number of rotatable bonds is 4. The zero-order valence-corrected chi connectivity index (χ0v) is 17.7. The average molecular weight is 414 g/mol. The molecule has 29 heavy (non-hydrogen) atoms. The summed E-state index contributed by atoms with van der Waals surface area (Å²) in [5.41, 5.74) is 1.43. The van der Waals surface area contributed by atoms with Gasteiger partial charge in [-0.15, -0.1) is 10.2 Å². The summed E-state index contributed by atoms with van der Waals surface area (Å²) < 4.78 is 2.21. The summed E-state index contributed by atoms with van der Waals surface area (Å²) in [5, 5.41) is 12.3. The van der Waals surface area contributed by atoms with Crippen LogP contribution in [-0.4, -0.2) is 38.4 Å². The molecule has 0 unspecified atom stereocenters. The van der Waals surface area contributed by atoms with E-state index in [9.17, 15) is 9.59 Å². The maximum atomic E-state index is 13.2. The van der Waals surface area contributed by atoms with Gasteiger partial charge in [0.15, 0.2) is 5.16 Å². The van der Waals surface area contributed by atoms with Crippen molar-refractivity contribution in [1.82, 2.24) is 14.8 Å². The number of aryl methyl sites for hydroxylation is 1. The fourth-order valence-electron chi connectivity index (χ4n) is 4.37. The monoisotopic (exact) mass is 413 g/mol. The summed E-state index contributed by atoms with van der Waals surface area (Å²) in [6.45, 7) is 3.90. The fourth-order valence-corrected chi connectivity index (χ4v) is 5.28. The Kier molecular flexibility index (Phi) is 5.89. The molecule has 1 aromatic carbocycles. The van der Waals surface area contributed by atoms with Gasteiger partial charge in [-0.05, 0) is 38.8 Å². The summed E-state index contributed by atoms with van der Waals surface area (Å²) in [7, 11) is 0. The summed E-state index contributed by atoms with van der Waals surface area (Å²) in [6, 6.07) is 7.69. The zero-order valence-electron chi connectivity index (χ0n) is 16.9. The molecule has 2 aromatic rings. The molecular formula is C21H27N5O2S. The molecule has 0 spiro atoms. The Labute approximate surface area is 175 Å². The van der Waals surface area contributed by atoms with Crippen molar-refractivity contribution in [2.24, 2.45) is 0 Å². The highest BCUT2D eigenvalue weighted by Gasteiger charge is 2.30. The lowest BCUT2D eigenvalue weighted by Crippen LogP contribution is -2.40. The van der Waals surface area contributed by atoms with Crippen molar-refractivity contribution >= 4 is 35.0 Å². The second-order valence-corrected chi connectivity index (χ2v) is 8.81. The van der Waals surface area contributed by atoms with Crippen LogP contribution in [0, 0.1) is 6.92 Å². The van der Waals surface area contributed by atoms with Crippen molar-refractivity contribution in [3.63, 3.8) is 0 Å².